The molecule has 0 aromatic heterocycles. The van der Waals surface area contributed by atoms with Crippen molar-refractivity contribution in [1.82, 2.24) is 0 Å². The molecule has 2 unspecified atom stereocenters. The average Bonchev–Trinajstić information content (AvgIpc) is 3.14. The molecule has 17 heavy (non-hydrogen) atoms. The molecule has 0 aliphatic heterocycles. The van der Waals surface area contributed by atoms with Crippen LogP contribution in [-0.4, -0.2) is 24.4 Å². The van der Waals surface area contributed by atoms with Crippen molar-refractivity contribution in [3.8, 4) is 5.75 Å². The summed E-state index contributed by atoms with van der Waals surface area (Å²) in [5.74, 6) is 1.60. The predicted molar refractivity (Wildman–Crippen MR) is 68.0 cm³/mol. The molecule has 3 nitrogen and oxygen atoms in total. The Balaban J connectivity index is 1.85. The summed E-state index contributed by atoms with van der Waals surface area (Å²) in [4.78, 5) is 0. The van der Waals surface area contributed by atoms with E-state index in [4.69, 9.17) is 10.5 Å². The summed E-state index contributed by atoms with van der Waals surface area (Å²) >= 11 is 0. The Morgan fingerprint density at radius 2 is 2.00 bits per heavy atom. The second-order valence-corrected chi connectivity index (χ2v) is 4.96. The number of rotatable bonds is 6. The number of aliphatic hydroxyl groups excluding tert-OH is 1. The zero-order valence-electron chi connectivity index (χ0n) is 10.3. The summed E-state index contributed by atoms with van der Waals surface area (Å²) in [6, 6.07) is 7.69. The fourth-order valence-electron chi connectivity index (χ4n) is 2.05. The molecule has 94 valence electrons. The van der Waals surface area contributed by atoms with E-state index in [0.717, 1.165) is 23.7 Å². The van der Waals surface area contributed by atoms with Crippen LogP contribution in [0.4, 0.5) is 0 Å². The lowest BCUT2D eigenvalue weighted by Gasteiger charge is -2.18. The van der Waals surface area contributed by atoms with Gasteiger partial charge in [0, 0.05) is 6.04 Å². The van der Waals surface area contributed by atoms with Crippen LogP contribution in [0.1, 0.15) is 24.8 Å². The standard InChI is InChI=1S/C14H21NO2/c1-17-12-6-4-11(5-7-12)9-14(16)13(15)8-10-2-3-10/h4-7,10,13-14,16H,2-3,8-9,15H2,1H3. The summed E-state index contributed by atoms with van der Waals surface area (Å²) < 4.78 is 5.10. The largest absolute Gasteiger partial charge is 0.497 e. The lowest BCUT2D eigenvalue weighted by Crippen LogP contribution is -2.36. The average molecular weight is 235 g/mol. The zero-order chi connectivity index (χ0) is 12.3. The summed E-state index contributed by atoms with van der Waals surface area (Å²) in [6.07, 6.45) is 3.70. The van der Waals surface area contributed by atoms with Gasteiger partial charge in [-0.3, -0.25) is 0 Å². The number of hydrogen-bond acceptors (Lipinski definition) is 3. The first-order valence-electron chi connectivity index (χ1n) is 6.25. The Morgan fingerprint density at radius 1 is 1.35 bits per heavy atom. The third kappa shape index (κ3) is 3.72. The summed E-state index contributed by atoms with van der Waals surface area (Å²) in [7, 11) is 1.65. The van der Waals surface area contributed by atoms with Crippen LogP contribution in [0.2, 0.25) is 0 Å². The zero-order valence-corrected chi connectivity index (χ0v) is 10.3. The molecule has 1 aromatic rings. The maximum Gasteiger partial charge on any atom is 0.118 e. The Morgan fingerprint density at radius 3 is 2.53 bits per heavy atom. The van der Waals surface area contributed by atoms with Crippen molar-refractivity contribution >= 4 is 0 Å². The molecule has 0 heterocycles. The van der Waals surface area contributed by atoms with E-state index >= 15 is 0 Å². The fourth-order valence-corrected chi connectivity index (χ4v) is 2.05. The van der Waals surface area contributed by atoms with E-state index in [2.05, 4.69) is 0 Å². The van der Waals surface area contributed by atoms with E-state index in [1.807, 2.05) is 24.3 Å². The molecule has 1 aliphatic carbocycles. The van der Waals surface area contributed by atoms with Gasteiger partial charge >= 0.3 is 0 Å². The molecule has 0 bridgehead atoms. The number of aliphatic hydroxyl groups is 1. The Hall–Kier alpha value is -1.06. The fraction of sp³-hybridized carbons (Fsp3) is 0.571. The van der Waals surface area contributed by atoms with E-state index < -0.39 is 6.10 Å². The molecular formula is C14H21NO2. The summed E-state index contributed by atoms with van der Waals surface area (Å²) in [5, 5.41) is 10.0. The first kappa shape index (κ1) is 12.4. The Kier molecular flexibility index (Phi) is 4.02. The van der Waals surface area contributed by atoms with Crippen molar-refractivity contribution < 1.29 is 9.84 Å². The van der Waals surface area contributed by atoms with Gasteiger partial charge < -0.3 is 15.6 Å². The molecule has 0 radical (unpaired) electrons. The van der Waals surface area contributed by atoms with Crippen LogP contribution in [0, 0.1) is 5.92 Å². The number of methoxy groups -OCH3 is 1. The smallest absolute Gasteiger partial charge is 0.118 e. The molecule has 3 N–H and O–H groups in total. The van der Waals surface area contributed by atoms with E-state index in [-0.39, 0.29) is 6.04 Å². The van der Waals surface area contributed by atoms with Crippen LogP contribution >= 0.6 is 0 Å². The van der Waals surface area contributed by atoms with E-state index in [1.165, 1.54) is 12.8 Å². The topological polar surface area (TPSA) is 55.5 Å². The molecule has 0 spiro atoms. The van der Waals surface area contributed by atoms with Crippen LogP contribution in [0.25, 0.3) is 0 Å². The number of nitrogens with two attached hydrogens (primary N) is 1. The molecular weight excluding hydrogens is 214 g/mol. The van der Waals surface area contributed by atoms with Crippen molar-refractivity contribution in [2.45, 2.75) is 37.8 Å². The van der Waals surface area contributed by atoms with E-state index in [1.54, 1.807) is 7.11 Å². The van der Waals surface area contributed by atoms with Gasteiger partial charge in [-0.25, -0.2) is 0 Å². The van der Waals surface area contributed by atoms with Gasteiger partial charge in [-0.2, -0.15) is 0 Å². The summed E-state index contributed by atoms with van der Waals surface area (Å²) in [5.41, 5.74) is 7.09. The second-order valence-electron chi connectivity index (χ2n) is 4.96. The van der Waals surface area contributed by atoms with Gasteiger partial charge in [-0.1, -0.05) is 25.0 Å². The van der Waals surface area contributed by atoms with Gasteiger partial charge in [0.25, 0.3) is 0 Å². The van der Waals surface area contributed by atoms with Gasteiger partial charge in [-0.15, -0.1) is 0 Å². The maximum atomic E-state index is 10.0. The Bertz CT molecular complexity index is 346. The SMILES string of the molecule is COc1ccc(CC(O)C(N)CC2CC2)cc1. The van der Waals surface area contributed by atoms with E-state index in [9.17, 15) is 5.11 Å². The normalized spacial score (nSPS) is 18.8. The number of benzene rings is 1. The molecule has 1 saturated carbocycles. The maximum absolute atomic E-state index is 10.0. The van der Waals surface area contributed by atoms with E-state index in [0.29, 0.717) is 6.42 Å². The molecule has 1 aromatic carbocycles. The third-order valence-electron chi connectivity index (χ3n) is 3.40. The van der Waals surface area contributed by atoms with Crippen molar-refractivity contribution in [2.24, 2.45) is 11.7 Å². The van der Waals surface area contributed by atoms with Crippen LogP contribution in [0.3, 0.4) is 0 Å². The molecule has 2 atom stereocenters. The quantitative estimate of drug-likeness (QED) is 0.789. The molecule has 1 fully saturated rings. The van der Waals surface area contributed by atoms with Crippen LogP contribution < -0.4 is 10.5 Å². The molecule has 2 rings (SSSR count). The van der Waals surface area contributed by atoms with Crippen LogP contribution in [0.5, 0.6) is 5.75 Å². The van der Waals surface area contributed by atoms with Crippen LogP contribution in [0.15, 0.2) is 24.3 Å². The second kappa shape index (κ2) is 5.52. The first-order chi connectivity index (χ1) is 8.19. The first-order valence-corrected chi connectivity index (χ1v) is 6.25. The molecule has 1 aliphatic rings. The third-order valence-corrected chi connectivity index (χ3v) is 3.40. The number of hydrogen-bond donors (Lipinski definition) is 2. The predicted octanol–water partition coefficient (Wildman–Crippen LogP) is 1.73. The van der Waals surface area contributed by atoms with Gasteiger partial charge in [-0.05, 0) is 36.5 Å². The van der Waals surface area contributed by atoms with Crippen molar-refractivity contribution in [1.29, 1.82) is 0 Å². The van der Waals surface area contributed by atoms with Crippen molar-refractivity contribution in [3.63, 3.8) is 0 Å². The number of ether oxygens (including phenoxy) is 1. The summed E-state index contributed by atoms with van der Waals surface area (Å²) in [6.45, 7) is 0. The highest BCUT2D eigenvalue weighted by molar-refractivity contribution is 5.27. The highest BCUT2D eigenvalue weighted by Gasteiger charge is 2.27. The van der Waals surface area contributed by atoms with Gasteiger partial charge in [0.15, 0.2) is 0 Å². The minimum absolute atomic E-state index is 0.0930. The lowest BCUT2D eigenvalue weighted by molar-refractivity contribution is 0.138. The van der Waals surface area contributed by atoms with Gasteiger partial charge in [0.1, 0.15) is 5.75 Å². The van der Waals surface area contributed by atoms with Crippen molar-refractivity contribution in [2.75, 3.05) is 7.11 Å². The molecule has 0 amide bonds. The minimum atomic E-state index is -0.441. The Labute approximate surface area is 103 Å². The van der Waals surface area contributed by atoms with Crippen LogP contribution in [-0.2, 0) is 6.42 Å². The van der Waals surface area contributed by atoms with Crippen molar-refractivity contribution in [3.05, 3.63) is 29.8 Å². The highest BCUT2D eigenvalue weighted by Crippen LogP contribution is 2.33. The lowest BCUT2D eigenvalue weighted by atomic mass is 9.99. The molecule has 0 saturated heterocycles. The minimum Gasteiger partial charge on any atom is -0.497 e. The van der Waals surface area contributed by atoms with Gasteiger partial charge in [0.05, 0.1) is 13.2 Å². The van der Waals surface area contributed by atoms with Gasteiger partial charge in [0.2, 0.25) is 0 Å². The highest BCUT2D eigenvalue weighted by atomic mass is 16.5. The molecule has 3 heteroatoms. The monoisotopic (exact) mass is 235 g/mol.